The van der Waals surface area contributed by atoms with Crippen LogP contribution in [0.25, 0.3) is 0 Å². The highest BCUT2D eigenvalue weighted by molar-refractivity contribution is 9.09. The molecule has 0 aliphatic carbocycles. The van der Waals surface area contributed by atoms with Gasteiger partial charge in [0.05, 0.1) is 5.33 Å². The number of rotatable bonds is 9. The molecule has 3 rings (SSSR count). The third-order valence-corrected chi connectivity index (χ3v) is 6.03. The summed E-state index contributed by atoms with van der Waals surface area (Å²) < 4.78 is 0. The van der Waals surface area contributed by atoms with E-state index in [0.717, 1.165) is 30.5 Å². The minimum absolute atomic E-state index is 0.0208. The number of hydrogen-bond acceptors (Lipinski definition) is 6. The van der Waals surface area contributed by atoms with Gasteiger partial charge in [0.15, 0.2) is 0 Å². The van der Waals surface area contributed by atoms with Crippen molar-refractivity contribution in [2.45, 2.75) is 44.7 Å². The van der Waals surface area contributed by atoms with Crippen molar-refractivity contribution in [3.8, 4) is 0 Å². The molecule has 0 aromatic heterocycles. The minimum atomic E-state index is -0.651. The Hall–Kier alpha value is -2.87. The van der Waals surface area contributed by atoms with E-state index in [4.69, 9.17) is 11.5 Å². The summed E-state index contributed by atoms with van der Waals surface area (Å²) in [5.41, 5.74) is 14.7. The first-order chi connectivity index (χ1) is 15.3. The zero-order valence-corrected chi connectivity index (χ0v) is 20.2. The van der Waals surface area contributed by atoms with Crippen molar-refractivity contribution in [2.75, 3.05) is 16.8 Å². The Bertz CT molecular complexity index is 989. The summed E-state index contributed by atoms with van der Waals surface area (Å²) in [7, 11) is 0. The maximum absolute atomic E-state index is 11.9. The normalized spacial score (nSPS) is 16.2. The smallest absolute Gasteiger partial charge is 0.230 e. The van der Waals surface area contributed by atoms with Gasteiger partial charge in [-0.1, -0.05) is 58.4 Å². The van der Waals surface area contributed by atoms with Crippen LogP contribution in [0.4, 0.5) is 5.69 Å². The van der Waals surface area contributed by atoms with Crippen molar-refractivity contribution < 1.29 is 4.79 Å². The number of anilines is 1. The molecule has 0 spiro atoms. The molecule has 2 aromatic carbocycles. The van der Waals surface area contributed by atoms with E-state index in [9.17, 15) is 4.79 Å². The molecule has 2 aromatic rings. The fourth-order valence-electron chi connectivity index (χ4n) is 4.04. The Labute approximate surface area is 198 Å². The number of guanidine groups is 2. The maximum atomic E-state index is 11.9. The third-order valence-electron chi connectivity index (χ3n) is 5.52. The minimum Gasteiger partial charge on any atom is -0.369 e. The summed E-state index contributed by atoms with van der Waals surface area (Å²) in [6.07, 6.45) is 2.96. The van der Waals surface area contributed by atoms with Crippen molar-refractivity contribution in [3.63, 3.8) is 0 Å². The second-order valence-electron chi connectivity index (χ2n) is 8.38. The molecule has 8 heteroatoms. The Morgan fingerprint density at radius 1 is 1.16 bits per heavy atom. The fourth-order valence-corrected chi connectivity index (χ4v) is 4.24. The zero-order valence-electron chi connectivity index (χ0n) is 18.6. The molecule has 1 aliphatic rings. The van der Waals surface area contributed by atoms with Crippen LogP contribution in [-0.4, -0.2) is 35.4 Å². The number of carbonyl (C=O) groups is 1. The van der Waals surface area contributed by atoms with Gasteiger partial charge in [-0.2, -0.15) is 4.99 Å². The first kappa shape index (κ1) is 23.8. The Morgan fingerprint density at radius 2 is 1.91 bits per heavy atom. The van der Waals surface area contributed by atoms with E-state index >= 15 is 0 Å². The number of alkyl halides is 1. The van der Waals surface area contributed by atoms with Crippen molar-refractivity contribution >= 4 is 39.4 Å². The van der Waals surface area contributed by atoms with Crippen molar-refractivity contribution in [1.29, 1.82) is 0 Å². The number of nitrogens with one attached hydrogen (secondary N) is 1. The Kier molecular flexibility index (Phi) is 7.90. The number of nitrogens with zero attached hydrogens (tertiary/aromatic N) is 3. The van der Waals surface area contributed by atoms with E-state index in [1.54, 1.807) is 0 Å². The highest BCUT2D eigenvalue weighted by Crippen LogP contribution is 2.31. The number of carbonyl (C=O) groups excluding carboxylic acids is 1. The predicted octanol–water partition coefficient (Wildman–Crippen LogP) is 3.49. The summed E-state index contributed by atoms with van der Waals surface area (Å²) in [6, 6.07) is 18.6. The van der Waals surface area contributed by atoms with Gasteiger partial charge in [0.1, 0.15) is 5.66 Å². The lowest BCUT2D eigenvalue weighted by molar-refractivity contribution is -0.118. The molecule has 0 saturated carbocycles. The lowest BCUT2D eigenvalue weighted by Gasteiger charge is -2.38. The number of nitrogens with two attached hydrogens (primary N) is 2. The molecular formula is C24H31BrN6O. The van der Waals surface area contributed by atoms with Crippen LogP contribution >= 0.6 is 15.9 Å². The average molecular weight is 499 g/mol. The molecule has 32 heavy (non-hydrogen) atoms. The van der Waals surface area contributed by atoms with Crippen LogP contribution in [0.3, 0.4) is 0 Å². The maximum Gasteiger partial charge on any atom is 0.230 e. The highest BCUT2D eigenvalue weighted by atomic mass is 79.9. The first-order valence-corrected chi connectivity index (χ1v) is 11.9. The molecule has 7 nitrogen and oxygen atoms in total. The van der Waals surface area contributed by atoms with Gasteiger partial charge in [0, 0.05) is 18.2 Å². The standard InChI is InChI=1S/C24H31BrN6O/c1-24(2)30-22(26)29-23(27)31(24)20-13-7-11-18(14-20)19(16-28-21(32)15-25)12-6-10-17-8-4-3-5-9-17/h3-5,7-9,11,13-14,19H,6,10,12,15-16H2,1-2H3,(H,28,32)(H4,26,27,29,30). The second-order valence-corrected chi connectivity index (χ2v) is 8.94. The lowest BCUT2D eigenvalue weighted by Crippen LogP contribution is -2.54. The number of halogens is 1. The molecule has 170 valence electrons. The van der Waals surface area contributed by atoms with Crippen molar-refractivity contribution in [1.82, 2.24) is 5.32 Å². The van der Waals surface area contributed by atoms with Gasteiger partial charge < -0.3 is 16.8 Å². The third kappa shape index (κ3) is 6.09. The van der Waals surface area contributed by atoms with Gasteiger partial charge in [0.25, 0.3) is 0 Å². The topological polar surface area (TPSA) is 109 Å². The largest absolute Gasteiger partial charge is 0.369 e. The number of aliphatic imine (C=N–C) groups is 2. The van der Waals surface area contributed by atoms with Gasteiger partial charge in [-0.25, -0.2) is 4.99 Å². The molecule has 1 unspecified atom stereocenters. The van der Waals surface area contributed by atoms with Gasteiger partial charge in [-0.15, -0.1) is 0 Å². The summed E-state index contributed by atoms with van der Waals surface area (Å²) in [4.78, 5) is 22.4. The van der Waals surface area contributed by atoms with Gasteiger partial charge in [-0.3, -0.25) is 9.69 Å². The molecule has 1 atom stereocenters. The monoisotopic (exact) mass is 498 g/mol. The Morgan fingerprint density at radius 3 is 2.59 bits per heavy atom. The van der Waals surface area contributed by atoms with E-state index in [0.29, 0.717) is 12.5 Å². The van der Waals surface area contributed by atoms with Crippen LogP contribution in [0.15, 0.2) is 64.6 Å². The van der Waals surface area contributed by atoms with Crippen molar-refractivity contribution in [2.24, 2.45) is 21.5 Å². The molecule has 1 aliphatic heterocycles. The second kappa shape index (κ2) is 10.6. The van der Waals surface area contributed by atoms with Gasteiger partial charge in [0.2, 0.25) is 17.8 Å². The molecule has 0 saturated heterocycles. The quantitative estimate of drug-likeness (QED) is 0.459. The van der Waals surface area contributed by atoms with E-state index in [1.807, 2.05) is 36.9 Å². The molecule has 1 amide bonds. The molecular weight excluding hydrogens is 468 g/mol. The van der Waals surface area contributed by atoms with Crippen LogP contribution in [0.1, 0.15) is 43.7 Å². The summed E-state index contributed by atoms with van der Waals surface area (Å²) in [5, 5.41) is 3.31. The summed E-state index contributed by atoms with van der Waals surface area (Å²) in [5.74, 6) is 0.637. The van der Waals surface area contributed by atoms with Crippen LogP contribution in [0, 0.1) is 0 Å². The Balaban J connectivity index is 1.81. The predicted molar refractivity (Wildman–Crippen MR) is 135 cm³/mol. The summed E-state index contributed by atoms with van der Waals surface area (Å²) >= 11 is 3.22. The number of amides is 1. The van der Waals surface area contributed by atoms with E-state index in [1.165, 1.54) is 5.56 Å². The zero-order chi connectivity index (χ0) is 23.1. The van der Waals surface area contributed by atoms with Gasteiger partial charge >= 0.3 is 0 Å². The number of hydrogen-bond donors (Lipinski definition) is 3. The molecule has 0 fully saturated rings. The molecule has 0 radical (unpaired) electrons. The van der Waals surface area contributed by atoms with Gasteiger partial charge in [-0.05, 0) is 56.4 Å². The van der Waals surface area contributed by atoms with Crippen LogP contribution < -0.4 is 21.7 Å². The first-order valence-electron chi connectivity index (χ1n) is 10.8. The average Bonchev–Trinajstić information content (AvgIpc) is 2.75. The molecule has 5 N–H and O–H groups in total. The van der Waals surface area contributed by atoms with E-state index < -0.39 is 5.66 Å². The fraction of sp³-hybridized carbons (Fsp3) is 0.375. The SMILES string of the molecule is CC1(C)N=C(N)N=C(N)N1c1cccc(C(CCCc2ccccc2)CNC(=O)CBr)c1. The summed E-state index contributed by atoms with van der Waals surface area (Å²) in [6.45, 7) is 4.46. The number of benzene rings is 2. The van der Waals surface area contributed by atoms with Crippen molar-refractivity contribution in [3.05, 3.63) is 65.7 Å². The molecule has 1 heterocycles. The highest BCUT2D eigenvalue weighted by Gasteiger charge is 2.33. The molecule has 0 bridgehead atoms. The van der Waals surface area contributed by atoms with Crippen LogP contribution in [0.2, 0.25) is 0 Å². The lowest BCUT2D eigenvalue weighted by atomic mass is 9.91. The number of aryl methyl sites for hydroxylation is 1. The van der Waals surface area contributed by atoms with Crippen LogP contribution in [-0.2, 0) is 11.2 Å². The van der Waals surface area contributed by atoms with E-state index in [2.05, 4.69) is 67.6 Å². The van der Waals surface area contributed by atoms with E-state index in [-0.39, 0.29) is 23.1 Å². The van der Waals surface area contributed by atoms with Crippen LogP contribution in [0.5, 0.6) is 0 Å².